The number of aryl methyl sites for hydroxylation is 2. The van der Waals surface area contributed by atoms with Crippen LogP contribution in [0.25, 0.3) is 61.1 Å². The third-order valence-electron chi connectivity index (χ3n) is 10.2. The van der Waals surface area contributed by atoms with E-state index >= 15 is 0 Å². The van der Waals surface area contributed by atoms with Gasteiger partial charge in [-0.3, -0.25) is 9.88 Å². The van der Waals surface area contributed by atoms with Gasteiger partial charge in [0.1, 0.15) is 5.69 Å². The van der Waals surface area contributed by atoms with E-state index in [2.05, 4.69) is 64.3 Å². The zero-order chi connectivity index (χ0) is 35.9. The molecular weight excluding hydrogens is 863 g/mol. The maximum absolute atomic E-state index is 6.66. The molecule has 0 amide bonds. The van der Waals surface area contributed by atoms with Crippen molar-refractivity contribution < 1.29 is 38.6 Å². The summed E-state index contributed by atoms with van der Waals surface area (Å²) < 4.78 is 25.5. The van der Waals surface area contributed by atoms with Crippen molar-refractivity contribution in [3.63, 3.8) is 0 Å². The number of benzene rings is 7. The molecule has 0 fully saturated rings. The molecule has 0 saturated carbocycles. The fourth-order valence-electron chi connectivity index (χ4n) is 7.70. The van der Waals surface area contributed by atoms with Crippen LogP contribution in [0.2, 0.25) is 0 Å². The van der Waals surface area contributed by atoms with Gasteiger partial charge in [0.2, 0.25) is 6.33 Å². The number of rotatable bonds is 2. The van der Waals surface area contributed by atoms with Gasteiger partial charge < -0.3 is 27.6 Å². The Morgan fingerprint density at radius 3 is 2.24 bits per heavy atom. The van der Waals surface area contributed by atoms with Crippen molar-refractivity contribution in [2.75, 3.05) is 4.90 Å². The normalized spacial score (nSPS) is 12.3. The van der Waals surface area contributed by atoms with Gasteiger partial charge in [0.05, 0.1) is 51.9 Å². The number of anilines is 3. The summed E-state index contributed by atoms with van der Waals surface area (Å²) in [5.41, 5.74) is 10.3. The van der Waals surface area contributed by atoms with Crippen LogP contribution in [0.15, 0.2) is 144 Å². The summed E-state index contributed by atoms with van der Waals surface area (Å²) in [5, 5.41) is 1.98. The average molecular weight is 892 g/mol. The standard InChI is InChI=1S/C32H18N3O3.C14H11N2.Ir/c1-34-22-11-3-2-10-21(22)33-32(34)20-9-6-8-18-19-16-17-24-31(30(19)38-29(18)20)37-27-15-7-14-26-28(27)35(24)23-12-4-5-13-25(23)36-26;1-15-11-16(12-7-3-2-4-8-12)14-10-6-5-9-13(14)15;/h2-8,10-17H,1H3;2-7,9-10H,1H3;/q2*-1;+3. The van der Waals surface area contributed by atoms with Crippen molar-refractivity contribution in [3.8, 4) is 40.1 Å². The van der Waals surface area contributed by atoms with Gasteiger partial charge in [-0.1, -0.05) is 71.2 Å². The molecule has 264 valence electrons. The van der Waals surface area contributed by atoms with Gasteiger partial charge in [-0.05, 0) is 48.5 Å². The molecule has 0 spiro atoms. The molecule has 5 heterocycles. The minimum absolute atomic E-state index is 0. The molecular formula is C46H29IrN5O3+. The predicted octanol–water partition coefficient (Wildman–Crippen LogP) is 10.7. The number of para-hydroxylation sites is 8. The van der Waals surface area contributed by atoms with Crippen LogP contribution < -0.4 is 18.9 Å². The smallest absolute Gasteiger partial charge is 0.497 e. The summed E-state index contributed by atoms with van der Waals surface area (Å²) in [6.07, 6.45) is 3.27. The van der Waals surface area contributed by atoms with Gasteiger partial charge >= 0.3 is 20.1 Å². The number of hydrogen-bond acceptors (Lipinski definition) is 5. The fraction of sp³-hybridized carbons (Fsp3) is 0.0435. The van der Waals surface area contributed by atoms with Gasteiger partial charge in [0.25, 0.3) is 0 Å². The SMILES string of the molecule is C[n+]1[c-]n(-c2[c-]cccc2)c2ccccc21.Cn1c(-c2[c-]ccc3c2oc2c4c(ccc23)N2c3ccccc3Oc3cccc(c32)O4)nc2ccccc21.[Ir+3]. The number of aromatic nitrogens is 4. The second kappa shape index (κ2) is 12.7. The maximum atomic E-state index is 6.66. The molecule has 0 saturated heterocycles. The number of ether oxygens (including phenoxy) is 2. The molecule has 10 aromatic rings. The number of nitrogens with zero attached hydrogens (tertiary/aromatic N) is 5. The van der Waals surface area contributed by atoms with Gasteiger partial charge in [-0.2, -0.15) is 30.3 Å². The Morgan fingerprint density at radius 2 is 1.38 bits per heavy atom. The molecule has 3 aromatic heterocycles. The quantitative estimate of drug-likeness (QED) is 0.128. The van der Waals surface area contributed by atoms with Crippen LogP contribution in [-0.2, 0) is 34.2 Å². The maximum Gasteiger partial charge on any atom is 3.00 e. The molecule has 9 heteroatoms. The van der Waals surface area contributed by atoms with Crippen molar-refractivity contribution in [3.05, 3.63) is 158 Å². The van der Waals surface area contributed by atoms with Crippen LogP contribution in [0.1, 0.15) is 0 Å². The summed E-state index contributed by atoms with van der Waals surface area (Å²) in [7, 11) is 4.02. The average Bonchev–Trinajstić information content (AvgIpc) is 3.89. The summed E-state index contributed by atoms with van der Waals surface area (Å²) in [5.74, 6) is 3.77. The summed E-state index contributed by atoms with van der Waals surface area (Å²) in [6, 6.07) is 53.0. The van der Waals surface area contributed by atoms with Crippen LogP contribution in [0, 0.1) is 18.5 Å². The van der Waals surface area contributed by atoms with Crippen LogP contribution in [0.5, 0.6) is 23.0 Å². The van der Waals surface area contributed by atoms with Crippen molar-refractivity contribution in [1.82, 2.24) is 14.1 Å². The van der Waals surface area contributed by atoms with E-state index in [0.29, 0.717) is 11.3 Å². The molecule has 55 heavy (non-hydrogen) atoms. The Hall–Kier alpha value is -6.67. The van der Waals surface area contributed by atoms with Gasteiger partial charge in [0.15, 0.2) is 28.6 Å². The Bertz CT molecular complexity index is 3110. The van der Waals surface area contributed by atoms with Crippen molar-refractivity contribution in [1.29, 1.82) is 0 Å². The van der Waals surface area contributed by atoms with E-state index in [1.807, 2.05) is 126 Å². The number of imidazole rings is 2. The first-order chi connectivity index (χ1) is 26.6. The molecule has 8 nitrogen and oxygen atoms in total. The molecule has 0 aliphatic carbocycles. The molecule has 0 atom stereocenters. The Kier molecular flexibility index (Phi) is 7.62. The second-order valence-electron chi connectivity index (χ2n) is 13.3. The molecule has 0 unspecified atom stereocenters. The van der Waals surface area contributed by atoms with E-state index < -0.39 is 0 Å². The molecule has 2 aliphatic rings. The number of hydrogen-bond donors (Lipinski definition) is 0. The van der Waals surface area contributed by atoms with Crippen LogP contribution in [0.4, 0.5) is 17.1 Å². The van der Waals surface area contributed by atoms with E-state index in [0.717, 1.165) is 84.3 Å². The summed E-state index contributed by atoms with van der Waals surface area (Å²) in [4.78, 5) is 7.11. The first kappa shape index (κ1) is 32.9. The minimum atomic E-state index is 0. The van der Waals surface area contributed by atoms with E-state index in [4.69, 9.17) is 18.9 Å². The monoisotopic (exact) mass is 892 g/mol. The van der Waals surface area contributed by atoms with E-state index in [1.54, 1.807) is 0 Å². The Balaban J connectivity index is 0.000000184. The third-order valence-corrected chi connectivity index (χ3v) is 10.2. The van der Waals surface area contributed by atoms with Crippen molar-refractivity contribution in [2.45, 2.75) is 0 Å². The van der Waals surface area contributed by atoms with Crippen LogP contribution >= 0.6 is 0 Å². The van der Waals surface area contributed by atoms with Crippen molar-refractivity contribution in [2.24, 2.45) is 14.1 Å². The summed E-state index contributed by atoms with van der Waals surface area (Å²) in [6.45, 7) is 0. The van der Waals surface area contributed by atoms with E-state index in [1.165, 1.54) is 5.52 Å². The third kappa shape index (κ3) is 5.01. The minimum Gasteiger partial charge on any atom is -0.497 e. The Morgan fingerprint density at radius 1 is 0.636 bits per heavy atom. The molecule has 2 aliphatic heterocycles. The largest absolute Gasteiger partial charge is 3.00 e. The predicted molar refractivity (Wildman–Crippen MR) is 209 cm³/mol. The van der Waals surface area contributed by atoms with Crippen LogP contribution in [0.3, 0.4) is 0 Å². The first-order valence-electron chi connectivity index (χ1n) is 17.7. The molecule has 0 radical (unpaired) electrons. The van der Waals surface area contributed by atoms with Gasteiger partial charge in [-0.25, -0.2) is 0 Å². The molecule has 0 N–H and O–H groups in total. The number of furan rings is 1. The van der Waals surface area contributed by atoms with E-state index in [9.17, 15) is 0 Å². The molecule has 12 rings (SSSR count). The van der Waals surface area contributed by atoms with Gasteiger partial charge in [-0.15, -0.1) is 18.2 Å². The zero-order valence-corrected chi connectivity index (χ0v) is 32.0. The number of fused-ring (bicyclic) bond motifs is 10. The fourth-order valence-corrected chi connectivity index (χ4v) is 7.70. The second-order valence-corrected chi connectivity index (χ2v) is 13.3. The van der Waals surface area contributed by atoms with Crippen LogP contribution in [-0.4, -0.2) is 14.1 Å². The first-order valence-corrected chi connectivity index (χ1v) is 17.7. The summed E-state index contributed by atoms with van der Waals surface area (Å²) >= 11 is 0. The zero-order valence-electron chi connectivity index (χ0n) is 29.6. The molecule has 7 aromatic carbocycles. The topological polar surface area (TPSA) is 61.5 Å². The van der Waals surface area contributed by atoms with Crippen molar-refractivity contribution >= 4 is 61.1 Å². The molecule has 0 bridgehead atoms. The van der Waals surface area contributed by atoms with Gasteiger partial charge in [0, 0.05) is 12.4 Å². The Labute approximate surface area is 329 Å². The van der Waals surface area contributed by atoms with E-state index in [-0.39, 0.29) is 20.1 Å².